The maximum absolute atomic E-state index is 5.55. The summed E-state index contributed by atoms with van der Waals surface area (Å²) in [5, 5.41) is 6.50. The number of H-pyrrole nitrogens is 1. The number of para-hydroxylation sites is 2. The van der Waals surface area contributed by atoms with Gasteiger partial charge in [-0.2, -0.15) is 0 Å². The van der Waals surface area contributed by atoms with Gasteiger partial charge in [0, 0.05) is 20.0 Å². The van der Waals surface area contributed by atoms with Crippen molar-refractivity contribution in [1.29, 1.82) is 0 Å². The van der Waals surface area contributed by atoms with Gasteiger partial charge in [-0.25, -0.2) is 9.97 Å². The van der Waals surface area contributed by atoms with Crippen LogP contribution in [0.25, 0.3) is 11.0 Å². The predicted octanol–water partition coefficient (Wildman–Crippen LogP) is 2.47. The third-order valence-corrected chi connectivity index (χ3v) is 4.02. The van der Waals surface area contributed by atoms with Gasteiger partial charge in [0.25, 0.3) is 0 Å². The summed E-state index contributed by atoms with van der Waals surface area (Å²) >= 11 is 0. The lowest BCUT2D eigenvalue weighted by atomic mass is 10.3. The van der Waals surface area contributed by atoms with E-state index in [9.17, 15) is 0 Å². The molecule has 3 N–H and O–H groups in total. The molecule has 0 amide bonds. The molecule has 1 aromatic carbocycles. The third kappa shape index (κ3) is 4.37. The van der Waals surface area contributed by atoms with Gasteiger partial charge in [-0.05, 0) is 32.4 Å². The highest BCUT2D eigenvalue weighted by Crippen LogP contribution is 2.11. The molecule has 2 heterocycles. The molecule has 0 spiro atoms. The Morgan fingerprint density at radius 1 is 1.20 bits per heavy atom. The molecule has 3 rings (SSSR count). The van der Waals surface area contributed by atoms with Crippen LogP contribution in [0.3, 0.4) is 0 Å². The van der Waals surface area contributed by atoms with Gasteiger partial charge in [-0.3, -0.25) is 4.99 Å². The van der Waals surface area contributed by atoms with E-state index < -0.39 is 0 Å². The Labute approximate surface area is 147 Å². The van der Waals surface area contributed by atoms with Gasteiger partial charge >= 0.3 is 0 Å². The molecule has 7 nitrogen and oxygen atoms in total. The fraction of sp³-hybridized carbons (Fsp3) is 0.389. The smallest absolute Gasteiger partial charge is 0.214 e. The molecular formula is C18H24N6O. The SMILES string of the molecule is CN=C(NCCCc1nc2ccccc2[nH]1)NCc1nc(C)c(C)o1. The maximum Gasteiger partial charge on any atom is 0.214 e. The minimum atomic E-state index is 0.512. The molecule has 0 radical (unpaired) electrons. The van der Waals surface area contributed by atoms with Crippen LogP contribution in [0.2, 0.25) is 0 Å². The summed E-state index contributed by atoms with van der Waals surface area (Å²) in [6, 6.07) is 8.08. The van der Waals surface area contributed by atoms with Gasteiger partial charge in [-0.15, -0.1) is 0 Å². The lowest BCUT2D eigenvalue weighted by Crippen LogP contribution is -2.37. The van der Waals surface area contributed by atoms with Crippen LogP contribution in [-0.2, 0) is 13.0 Å². The summed E-state index contributed by atoms with van der Waals surface area (Å²) in [6.45, 7) is 5.17. The van der Waals surface area contributed by atoms with E-state index in [-0.39, 0.29) is 0 Å². The number of aliphatic imine (C=N–C) groups is 1. The first-order valence-electron chi connectivity index (χ1n) is 8.47. The van der Waals surface area contributed by atoms with E-state index in [0.717, 1.165) is 53.7 Å². The average molecular weight is 340 g/mol. The van der Waals surface area contributed by atoms with Crippen molar-refractivity contribution in [2.24, 2.45) is 4.99 Å². The Hall–Kier alpha value is -2.83. The first kappa shape index (κ1) is 17.0. The van der Waals surface area contributed by atoms with Crippen LogP contribution in [0.15, 0.2) is 33.7 Å². The molecule has 0 fully saturated rings. The number of rotatable bonds is 6. The molecule has 0 aliphatic heterocycles. The number of hydrogen-bond donors (Lipinski definition) is 3. The number of imidazole rings is 1. The topological polar surface area (TPSA) is 91.1 Å². The number of oxazole rings is 1. The number of fused-ring (bicyclic) bond motifs is 1. The summed E-state index contributed by atoms with van der Waals surface area (Å²) in [4.78, 5) is 16.5. The second kappa shape index (κ2) is 7.83. The largest absolute Gasteiger partial charge is 0.444 e. The Morgan fingerprint density at radius 3 is 2.76 bits per heavy atom. The first-order chi connectivity index (χ1) is 12.2. The fourth-order valence-electron chi connectivity index (χ4n) is 2.58. The minimum Gasteiger partial charge on any atom is -0.444 e. The lowest BCUT2D eigenvalue weighted by molar-refractivity contribution is 0.463. The summed E-state index contributed by atoms with van der Waals surface area (Å²) < 4.78 is 5.55. The van der Waals surface area contributed by atoms with Crippen molar-refractivity contribution < 1.29 is 4.42 Å². The molecule has 25 heavy (non-hydrogen) atoms. The molecule has 0 bridgehead atoms. The molecule has 2 aromatic heterocycles. The normalized spacial score (nSPS) is 11.9. The van der Waals surface area contributed by atoms with Gasteiger partial charge in [0.1, 0.15) is 11.6 Å². The molecule has 0 aliphatic rings. The highest BCUT2D eigenvalue weighted by molar-refractivity contribution is 5.79. The van der Waals surface area contributed by atoms with Gasteiger partial charge in [0.15, 0.2) is 5.96 Å². The zero-order valence-electron chi connectivity index (χ0n) is 14.9. The van der Waals surface area contributed by atoms with Crippen LogP contribution >= 0.6 is 0 Å². The van der Waals surface area contributed by atoms with Crippen LogP contribution in [-0.4, -0.2) is 34.5 Å². The molecule has 0 saturated carbocycles. The summed E-state index contributed by atoms with van der Waals surface area (Å²) in [5.41, 5.74) is 3.02. The van der Waals surface area contributed by atoms with Crippen molar-refractivity contribution >= 4 is 17.0 Å². The number of benzene rings is 1. The van der Waals surface area contributed by atoms with Crippen molar-refractivity contribution in [2.75, 3.05) is 13.6 Å². The predicted molar refractivity (Wildman–Crippen MR) is 98.6 cm³/mol. The Balaban J connectivity index is 1.42. The van der Waals surface area contributed by atoms with E-state index in [1.165, 1.54) is 0 Å². The highest BCUT2D eigenvalue weighted by Gasteiger charge is 2.06. The maximum atomic E-state index is 5.55. The standard InChI is InChI=1S/C18H24N6O/c1-12-13(2)25-17(22-12)11-21-18(19-3)20-10-6-9-16-23-14-7-4-5-8-15(14)24-16/h4-5,7-8H,6,9-11H2,1-3H3,(H,23,24)(H2,19,20,21). The van der Waals surface area contributed by atoms with Crippen molar-refractivity contribution in [1.82, 2.24) is 25.6 Å². The van der Waals surface area contributed by atoms with E-state index in [1.807, 2.05) is 38.1 Å². The lowest BCUT2D eigenvalue weighted by Gasteiger charge is -2.10. The molecule has 132 valence electrons. The number of hydrogen-bond acceptors (Lipinski definition) is 4. The van der Waals surface area contributed by atoms with E-state index in [0.29, 0.717) is 12.4 Å². The molecule has 0 aliphatic carbocycles. The number of nitrogens with one attached hydrogen (secondary N) is 3. The second-order valence-corrected chi connectivity index (χ2v) is 5.91. The van der Waals surface area contributed by atoms with Crippen molar-refractivity contribution in [2.45, 2.75) is 33.2 Å². The van der Waals surface area contributed by atoms with E-state index in [2.05, 4.69) is 30.6 Å². The second-order valence-electron chi connectivity index (χ2n) is 5.91. The van der Waals surface area contributed by atoms with Gasteiger partial charge in [0.2, 0.25) is 5.89 Å². The monoisotopic (exact) mass is 340 g/mol. The molecule has 0 saturated heterocycles. The summed E-state index contributed by atoms with van der Waals surface area (Å²) in [5.74, 6) is 3.26. The molecular weight excluding hydrogens is 316 g/mol. The Bertz CT molecular complexity index is 811. The van der Waals surface area contributed by atoms with Crippen molar-refractivity contribution in [3.05, 3.63) is 47.4 Å². The molecule has 3 aromatic rings. The van der Waals surface area contributed by atoms with Crippen LogP contribution in [0.5, 0.6) is 0 Å². The summed E-state index contributed by atoms with van der Waals surface area (Å²) in [7, 11) is 1.75. The van der Waals surface area contributed by atoms with Crippen molar-refractivity contribution in [3.63, 3.8) is 0 Å². The fourth-order valence-corrected chi connectivity index (χ4v) is 2.58. The van der Waals surface area contributed by atoms with Gasteiger partial charge < -0.3 is 20.0 Å². The van der Waals surface area contributed by atoms with Crippen LogP contribution in [0.4, 0.5) is 0 Å². The number of aromatic nitrogens is 3. The van der Waals surface area contributed by atoms with Crippen molar-refractivity contribution in [3.8, 4) is 0 Å². The zero-order valence-corrected chi connectivity index (χ0v) is 14.9. The van der Waals surface area contributed by atoms with E-state index in [1.54, 1.807) is 7.05 Å². The highest BCUT2D eigenvalue weighted by atomic mass is 16.4. The van der Waals surface area contributed by atoms with E-state index in [4.69, 9.17) is 4.42 Å². The Morgan fingerprint density at radius 2 is 2.04 bits per heavy atom. The number of aromatic amines is 1. The van der Waals surface area contributed by atoms with E-state index >= 15 is 0 Å². The Kier molecular flexibility index (Phi) is 5.33. The molecule has 0 atom stereocenters. The van der Waals surface area contributed by atoms with Crippen LogP contribution in [0, 0.1) is 13.8 Å². The quantitative estimate of drug-likeness (QED) is 0.364. The zero-order chi connectivity index (χ0) is 17.6. The first-order valence-corrected chi connectivity index (χ1v) is 8.47. The van der Waals surface area contributed by atoms with Gasteiger partial charge in [-0.1, -0.05) is 12.1 Å². The third-order valence-electron chi connectivity index (χ3n) is 4.02. The minimum absolute atomic E-state index is 0.512. The molecule has 7 heteroatoms. The van der Waals surface area contributed by atoms with Crippen LogP contribution < -0.4 is 10.6 Å². The van der Waals surface area contributed by atoms with Gasteiger partial charge in [0.05, 0.1) is 23.3 Å². The number of nitrogens with zero attached hydrogens (tertiary/aromatic N) is 3. The number of aryl methyl sites for hydroxylation is 3. The molecule has 0 unspecified atom stereocenters. The van der Waals surface area contributed by atoms with Crippen LogP contribution in [0.1, 0.15) is 29.6 Å². The summed E-state index contributed by atoms with van der Waals surface area (Å²) in [6.07, 6.45) is 1.84. The number of guanidine groups is 1. The average Bonchev–Trinajstić information content (AvgIpc) is 3.17.